The van der Waals surface area contributed by atoms with E-state index in [0.717, 1.165) is 11.8 Å². The average molecular weight is 235 g/mol. The van der Waals surface area contributed by atoms with Crippen LogP contribution in [0.25, 0.3) is 0 Å². The summed E-state index contributed by atoms with van der Waals surface area (Å²) in [6.07, 6.45) is 8.94. The summed E-state index contributed by atoms with van der Waals surface area (Å²) in [5, 5.41) is 0. The smallest absolute Gasteiger partial charge is 0.226 e. The number of hydrogen-bond acceptors (Lipinski definition) is 1. The molecule has 0 radical (unpaired) electrons. The van der Waals surface area contributed by atoms with Gasteiger partial charge in [0.25, 0.3) is 0 Å². The second kappa shape index (κ2) is 4.29. The molecule has 2 saturated carbocycles. The van der Waals surface area contributed by atoms with E-state index in [2.05, 4.69) is 18.7 Å². The third kappa shape index (κ3) is 1.90. The lowest BCUT2D eigenvalue weighted by molar-refractivity contribution is -0.143. The van der Waals surface area contributed by atoms with E-state index in [9.17, 15) is 4.79 Å². The van der Waals surface area contributed by atoms with Gasteiger partial charge in [0.2, 0.25) is 5.91 Å². The van der Waals surface area contributed by atoms with Crippen LogP contribution < -0.4 is 0 Å². The van der Waals surface area contributed by atoms with Crippen molar-refractivity contribution in [1.29, 1.82) is 0 Å². The number of rotatable bonds is 1. The summed E-state index contributed by atoms with van der Waals surface area (Å²) < 4.78 is 0. The molecule has 2 aliphatic carbocycles. The number of likely N-dealkylation sites (tertiary alicyclic amines) is 1. The van der Waals surface area contributed by atoms with E-state index in [0.29, 0.717) is 23.9 Å². The molecular weight excluding hydrogens is 210 g/mol. The van der Waals surface area contributed by atoms with Crippen molar-refractivity contribution < 1.29 is 4.79 Å². The van der Waals surface area contributed by atoms with Gasteiger partial charge in [0.15, 0.2) is 0 Å². The molecule has 3 rings (SSSR count). The number of amides is 1. The van der Waals surface area contributed by atoms with Crippen LogP contribution in [0, 0.1) is 17.8 Å². The second-order valence-electron chi connectivity index (χ2n) is 6.66. The Kier molecular flexibility index (Phi) is 2.92. The first-order valence-electron chi connectivity index (χ1n) is 7.49. The second-order valence-corrected chi connectivity index (χ2v) is 6.66. The van der Waals surface area contributed by atoms with Gasteiger partial charge in [-0.15, -0.1) is 0 Å². The highest BCUT2D eigenvalue weighted by Crippen LogP contribution is 2.49. The first kappa shape index (κ1) is 11.6. The fourth-order valence-electron chi connectivity index (χ4n) is 4.59. The zero-order valence-electron chi connectivity index (χ0n) is 11.2. The van der Waals surface area contributed by atoms with E-state index in [4.69, 9.17) is 0 Å². The molecule has 2 bridgehead atoms. The van der Waals surface area contributed by atoms with Gasteiger partial charge in [0, 0.05) is 18.0 Å². The molecule has 3 aliphatic rings. The van der Waals surface area contributed by atoms with Gasteiger partial charge in [-0.05, 0) is 64.2 Å². The number of carbonyl (C=O) groups excluding carboxylic acids is 1. The minimum atomic E-state index is 0.386. The molecule has 96 valence electrons. The molecule has 17 heavy (non-hydrogen) atoms. The zero-order valence-corrected chi connectivity index (χ0v) is 11.2. The number of nitrogens with zero attached hydrogens (tertiary/aromatic N) is 1. The van der Waals surface area contributed by atoms with Crippen LogP contribution in [-0.2, 0) is 4.79 Å². The Morgan fingerprint density at radius 2 is 1.71 bits per heavy atom. The highest BCUT2D eigenvalue weighted by molar-refractivity contribution is 5.80. The lowest BCUT2D eigenvalue weighted by atomic mass is 9.85. The van der Waals surface area contributed by atoms with Gasteiger partial charge in [-0.25, -0.2) is 0 Å². The predicted octanol–water partition coefficient (Wildman–Crippen LogP) is 3.21. The lowest BCUT2D eigenvalue weighted by Crippen LogP contribution is -2.50. The first-order chi connectivity index (χ1) is 8.16. The van der Waals surface area contributed by atoms with Crippen molar-refractivity contribution in [3.05, 3.63) is 0 Å². The van der Waals surface area contributed by atoms with Crippen LogP contribution in [0.15, 0.2) is 0 Å². The molecule has 0 aromatic rings. The van der Waals surface area contributed by atoms with Gasteiger partial charge in [-0.1, -0.05) is 6.42 Å². The van der Waals surface area contributed by atoms with Gasteiger partial charge in [0.05, 0.1) is 0 Å². The summed E-state index contributed by atoms with van der Waals surface area (Å²) in [6.45, 7) is 4.47. The molecule has 0 spiro atoms. The molecule has 2 heteroatoms. The summed E-state index contributed by atoms with van der Waals surface area (Å²) in [6, 6.07) is 0.954. The highest BCUT2D eigenvalue weighted by Gasteiger charge is 2.45. The van der Waals surface area contributed by atoms with Crippen molar-refractivity contribution in [2.75, 3.05) is 0 Å². The Morgan fingerprint density at radius 3 is 2.24 bits per heavy atom. The van der Waals surface area contributed by atoms with Crippen LogP contribution in [0.2, 0.25) is 0 Å². The quantitative estimate of drug-likeness (QED) is 0.683. The summed E-state index contributed by atoms with van der Waals surface area (Å²) in [5.41, 5.74) is 0. The van der Waals surface area contributed by atoms with Crippen LogP contribution in [0.3, 0.4) is 0 Å². The van der Waals surface area contributed by atoms with E-state index in [1.54, 1.807) is 0 Å². The minimum absolute atomic E-state index is 0.386. The highest BCUT2D eigenvalue weighted by atomic mass is 16.2. The molecule has 0 N–H and O–H groups in total. The maximum Gasteiger partial charge on any atom is 0.226 e. The van der Waals surface area contributed by atoms with Crippen molar-refractivity contribution in [1.82, 2.24) is 4.90 Å². The van der Waals surface area contributed by atoms with E-state index in [1.165, 1.54) is 44.9 Å². The summed E-state index contributed by atoms with van der Waals surface area (Å²) in [7, 11) is 0. The van der Waals surface area contributed by atoms with Crippen LogP contribution in [0.5, 0.6) is 0 Å². The van der Waals surface area contributed by atoms with Crippen LogP contribution in [0.4, 0.5) is 0 Å². The third-order valence-corrected chi connectivity index (χ3v) is 5.50. The van der Waals surface area contributed by atoms with Crippen molar-refractivity contribution in [3.8, 4) is 0 Å². The Labute approximate surface area is 105 Å². The molecule has 0 aromatic carbocycles. The van der Waals surface area contributed by atoms with Gasteiger partial charge < -0.3 is 4.90 Å². The first-order valence-corrected chi connectivity index (χ1v) is 7.49. The van der Waals surface area contributed by atoms with Gasteiger partial charge in [-0.2, -0.15) is 0 Å². The average Bonchev–Trinajstić information content (AvgIpc) is 2.90. The van der Waals surface area contributed by atoms with Crippen LogP contribution >= 0.6 is 0 Å². The molecule has 0 aromatic heterocycles. The third-order valence-electron chi connectivity index (χ3n) is 5.50. The number of hydrogen-bond donors (Lipinski definition) is 0. The number of fused-ring (bicyclic) bond motifs is 2. The van der Waals surface area contributed by atoms with Crippen LogP contribution in [-0.4, -0.2) is 22.9 Å². The molecule has 2 nitrogen and oxygen atoms in total. The van der Waals surface area contributed by atoms with Crippen LogP contribution in [0.1, 0.15) is 58.8 Å². The van der Waals surface area contributed by atoms with Gasteiger partial charge in [-0.3, -0.25) is 4.79 Å². The predicted molar refractivity (Wildman–Crippen MR) is 68.6 cm³/mol. The van der Waals surface area contributed by atoms with E-state index >= 15 is 0 Å². The Bertz CT molecular complexity index is 304. The fourth-order valence-corrected chi connectivity index (χ4v) is 4.59. The van der Waals surface area contributed by atoms with Crippen molar-refractivity contribution >= 4 is 5.91 Å². The summed E-state index contributed by atoms with van der Waals surface area (Å²) in [4.78, 5) is 15.0. The Morgan fingerprint density at radius 1 is 1.00 bits per heavy atom. The van der Waals surface area contributed by atoms with Crippen molar-refractivity contribution in [2.45, 2.75) is 70.9 Å². The zero-order chi connectivity index (χ0) is 12.0. The SMILES string of the molecule is CC1CCCC(C)N1C(=O)C1CC2CCC1C2. The Balaban J connectivity index is 1.72. The van der Waals surface area contributed by atoms with Crippen molar-refractivity contribution in [2.24, 2.45) is 17.8 Å². The Hall–Kier alpha value is -0.530. The monoisotopic (exact) mass is 235 g/mol. The van der Waals surface area contributed by atoms with E-state index in [1.807, 2.05) is 0 Å². The van der Waals surface area contributed by atoms with Gasteiger partial charge in [0.1, 0.15) is 0 Å². The topological polar surface area (TPSA) is 20.3 Å². The molecule has 5 atom stereocenters. The van der Waals surface area contributed by atoms with Gasteiger partial charge >= 0.3 is 0 Å². The normalized spacial score (nSPS) is 45.3. The standard InChI is InChI=1S/C15H25NO/c1-10-4-3-5-11(2)16(10)15(17)14-9-12-6-7-13(14)8-12/h10-14H,3-9H2,1-2H3. The molecule has 1 saturated heterocycles. The molecule has 1 amide bonds. The maximum atomic E-state index is 12.7. The molecule has 1 heterocycles. The molecule has 5 unspecified atom stereocenters. The number of carbonyl (C=O) groups is 1. The number of piperidine rings is 1. The molecule has 1 aliphatic heterocycles. The summed E-state index contributed by atoms with van der Waals surface area (Å²) in [5.74, 6) is 2.49. The van der Waals surface area contributed by atoms with Crippen molar-refractivity contribution in [3.63, 3.8) is 0 Å². The van der Waals surface area contributed by atoms with E-state index < -0.39 is 0 Å². The maximum absolute atomic E-state index is 12.7. The van der Waals surface area contributed by atoms with E-state index in [-0.39, 0.29) is 0 Å². The minimum Gasteiger partial charge on any atom is -0.337 e. The lowest BCUT2D eigenvalue weighted by Gasteiger charge is -2.41. The summed E-state index contributed by atoms with van der Waals surface area (Å²) >= 11 is 0. The molecular formula is C15H25NO. The largest absolute Gasteiger partial charge is 0.337 e. The molecule has 3 fully saturated rings. The fraction of sp³-hybridized carbons (Fsp3) is 0.933.